The Labute approximate surface area is 121 Å². The number of alkyl halides is 1. The lowest BCUT2D eigenvalue weighted by atomic mass is 10.1. The molecule has 0 amide bonds. The van der Waals surface area contributed by atoms with Crippen LogP contribution < -0.4 is 0 Å². The van der Waals surface area contributed by atoms with Crippen LogP contribution in [0.25, 0.3) is 6.08 Å². The lowest BCUT2D eigenvalue weighted by Crippen LogP contribution is -1.98. The van der Waals surface area contributed by atoms with Gasteiger partial charge in [0.1, 0.15) is 0 Å². The molecule has 0 aliphatic rings. The van der Waals surface area contributed by atoms with Crippen molar-refractivity contribution in [1.29, 1.82) is 0 Å². The molecule has 0 bridgehead atoms. The summed E-state index contributed by atoms with van der Waals surface area (Å²) in [6, 6.07) is 6.79. The normalized spacial score (nSPS) is 11.1. The number of nitrogens with zero attached hydrogens (tertiary/aromatic N) is 2. The zero-order chi connectivity index (χ0) is 13.7. The lowest BCUT2D eigenvalue weighted by molar-refractivity contribution is 0.104. The molecule has 1 heterocycles. The zero-order valence-electron chi connectivity index (χ0n) is 10.1. The van der Waals surface area contributed by atoms with Gasteiger partial charge in [-0.05, 0) is 36.4 Å². The van der Waals surface area contributed by atoms with E-state index in [0.717, 1.165) is 5.56 Å². The molecule has 0 N–H and O–H groups in total. The monoisotopic (exact) mass is 294 g/mol. The molecule has 98 valence electrons. The summed E-state index contributed by atoms with van der Waals surface area (Å²) >= 11 is 11.4. The molecule has 1 aromatic carbocycles. The highest BCUT2D eigenvalue weighted by molar-refractivity contribution is 6.30. The predicted molar refractivity (Wildman–Crippen MR) is 77.8 cm³/mol. The van der Waals surface area contributed by atoms with Crippen LogP contribution in [0, 0.1) is 0 Å². The number of allylic oxidation sites excluding steroid dienone is 1. The summed E-state index contributed by atoms with van der Waals surface area (Å²) in [5, 5.41) is 4.73. The average molecular weight is 295 g/mol. The first-order valence-electron chi connectivity index (χ1n) is 5.75. The highest BCUT2D eigenvalue weighted by Crippen LogP contribution is 2.11. The minimum atomic E-state index is -0.0678. The highest BCUT2D eigenvalue weighted by atomic mass is 35.5. The van der Waals surface area contributed by atoms with Crippen LogP contribution in [0.2, 0.25) is 5.02 Å². The highest BCUT2D eigenvalue weighted by Gasteiger charge is 2.01. The van der Waals surface area contributed by atoms with Crippen molar-refractivity contribution in [2.45, 2.75) is 6.54 Å². The summed E-state index contributed by atoms with van der Waals surface area (Å²) in [5.41, 5.74) is 1.47. The number of aromatic nitrogens is 2. The summed E-state index contributed by atoms with van der Waals surface area (Å²) in [6.45, 7) is 0.653. The van der Waals surface area contributed by atoms with Crippen molar-refractivity contribution >= 4 is 35.1 Å². The van der Waals surface area contributed by atoms with Crippen LogP contribution in [0.3, 0.4) is 0 Å². The van der Waals surface area contributed by atoms with Gasteiger partial charge in [-0.2, -0.15) is 5.10 Å². The molecule has 5 heteroatoms. The molecule has 0 aliphatic carbocycles. The first-order valence-corrected chi connectivity index (χ1v) is 6.66. The van der Waals surface area contributed by atoms with Gasteiger partial charge < -0.3 is 0 Å². The Kier molecular flexibility index (Phi) is 4.77. The fraction of sp³-hybridized carbons (Fsp3) is 0.143. The SMILES string of the molecule is O=C(C=Cc1cnn(CCCl)c1)c1ccc(Cl)cc1. The van der Waals surface area contributed by atoms with Crippen molar-refractivity contribution in [3.05, 3.63) is 58.9 Å². The average Bonchev–Trinajstić information content (AvgIpc) is 2.85. The number of benzene rings is 1. The van der Waals surface area contributed by atoms with Crippen LogP contribution in [0.4, 0.5) is 0 Å². The van der Waals surface area contributed by atoms with E-state index < -0.39 is 0 Å². The van der Waals surface area contributed by atoms with E-state index in [-0.39, 0.29) is 5.78 Å². The van der Waals surface area contributed by atoms with E-state index in [0.29, 0.717) is 23.0 Å². The minimum Gasteiger partial charge on any atom is -0.289 e. The van der Waals surface area contributed by atoms with Gasteiger partial charge in [0.25, 0.3) is 0 Å². The van der Waals surface area contributed by atoms with Crippen LogP contribution >= 0.6 is 23.2 Å². The van der Waals surface area contributed by atoms with Gasteiger partial charge in [-0.15, -0.1) is 11.6 Å². The molecule has 3 nitrogen and oxygen atoms in total. The van der Waals surface area contributed by atoms with Crippen LogP contribution in [-0.2, 0) is 6.54 Å². The molecule has 0 radical (unpaired) electrons. The number of carbonyl (C=O) groups excluding carboxylic acids is 1. The Bertz CT molecular complexity index is 588. The van der Waals surface area contributed by atoms with Crippen molar-refractivity contribution in [2.24, 2.45) is 0 Å². The van der Waals surface area contributed by atoms with Crippen LogP contribution in [0.15, 0.2) is 42.7 Å². The summed E-state index contributed by atoms with van der Waals surface area (Å²) in [5.74, 6) is 0.441. The largest absolute Gasteiger partial charge is 0.289 e. The second kappa shape index (κ2) is 6.55. The quantitative estimate of drug-likeness (QED) is 0.479. The lowest BCUT2D eigenvalue weighted by Gasteiger charge is -1.95. The number of ketones is 1. The van der Waals surface area contributed by atoms with Gasteiger partial charge >= 0.3 is 0 Å². The molecule has 0 fully saturated rings. The molecule has 2 aromatic rings. The summed E-state index contributed by atoms with van der Waals surface area (Å²) in [6.07, 6.45) is 6.78. The maximum atomic E-state index is 11.9. The van der Waals surface area contributed by atoms with E-state index in [2.05, 4.69) is 5.10 Å². The third-order valence-electron chi connectivity index (χ3n) is 2.52. The Hall–Kier alpha value is -1.58. The maximum Gasteiger partial charge on any atom is 0.185 e. The van der Waals surface area contributed by atoms with Crippen molar-refractivity contribution in [1.82, 2.24) is 9.78 Å². The van der Waals surface area contributed by atoms with Crippen LogP contribution in [0.5, 0.6) is 0 Å². The molecule has 0 atom stereocenters. The van der Waals surface area contributed by atoms with Crippen LogP contribution in [-0.4, -0.2) is 21.4 Å². The first-order chi connectivity index (χ1) is 9.19. The van der Waals surface area contributed by atoms with Crippen molar-refractivity contribution in [3.63, 3.8) is 0 Å². The van der Waals surface area contributed by atoms with E-state index in [1.807, 2.05) is 6.20 Å². The Balaban J connectivity index is 2.04. The Morgan fingerprint density at radius 2 is 2.05 bits per heavy atom. The predicted octanol–water partition coefficient (Wildman–Crippen LogP) is 3.67. The number of rotatable bonds is 5. The summed E-state index contributed by atoms with van der Waals surface area (Å²) in [4.78, 5) is 11.9. The molecule has 0 aliphatic heterocycles. The number of hydrogen-bond donors (Lipinski definition) is 0. The van der Waals surface area contributed by atoms with Crippen molar-refractivity contribution in [3.8, 4) is 0 Å². The molecule has 0 spiro atoms. The van der Waals surface area contributed by atoms with Gasteiger partial charge in [0.05, 0.1) is 12.7 Å². The Morgan fingerprint density at radius 1 is 1.32 bits per heavy atom. The van der Waals surface area contributed by atoms with Gasteiger partial charge in [-0.1, -0.05) is 11.6 Å². The van der Waals surface area contributed by atoms with Gasteiger partial charge in [0.15, 0.2) is 5.78 Å². The summed E-state index contributed by atoms with van der Waals surface area (Å²) in [7, 11) is 0. The molecule has 1 aromatic heterocycles. The Morgan fingerprint density at radius 3 is 2.74 bits per heavy atom. The molecule has 19 heavy (non-hydrogen) atoms. The second-order valence-electron chi connectivity index (χ2n) is 3.93. The molecule has 2 rings (SSSR count). The van der Waals surface area contributed by atoms with E-state index in [9.17, 15) is 4.79 Å². The first kappa shape index (κ1) is 13.8. The van der Waals surface area contributed by atoms with Gasteiger partial charge in [0.2, 0.25) is 0 Å². The third kappa shape index (κ3) is 3.94. The fourth-order valence-electron chi connectivity index (χ4n) is 1.56. The van der Waals surface area contributed by atoms with Gasteiger partial charge in [-0.25, -0.2) is 0 Å². The zero-order valence-corrected chi connectivity index (χ0v) is 11.6. The van der Waals surface area contributed by atoms with E-state index in [1.54, 1.807) is 41.2 Å². The number of hydrogen-bond acceptors (Lipinski definition) is 2. The third-order valence-corrected chi connectivity index (χ3v) is 2.94. The maximum absolute atomic E-state index is 11.9. The molecule has 0 unspecified atom stereocenters. The summed E-state index contributed by atoms with van der Waals surface area (Å²) < 4.78 is 1.74. The van der Waals surface area contributed by atoms with Crippen LogP contribution in [0.1, 0.15) is 15.9 Å². The van der Waals surface area contributed by atoms with Gasteiger partial charge in [0, 0.05) is 28.2 Å². The molecular weight excluding hydrogens is 283 g/mol. The topological polar surface area (TPSA) is 34.9 Å². The number of aryl methyl sites for hydroxylation is 1. The second-order valence-corrected chi connectivity index (χ2v) is 4.74. The molecular formula is C14H12Cl2N2O. The van der Waals surface area contributed by atoms with Crippen molar-refractivity contribution in [2.75, 3.05) is 5.88 Å². The van der Waals surface area contributed by atoms with E-state index in [1.165, 1.54) is 6.08 Å². The number of halogens is 2. The molecule has 0 saturated carbocycles. The van der Waals surface area contributed by atoms with Crippen molar-refractivity contribution < 1.29 is 4.79 Å². The standard InChI is InChI=1S/C14H12Cl2N2O/c15-7-8-18-10-11(9-17-18)1-6-14(19)12-2-4-13(16)5-3-12/h1-6,9-10H,7-8H2. The smallest absolute Gasteiger partial charge is 0.185 e. The number of carbonyl (C=O) groups is 1. The van der Waals surface area contributed by atoms with E-state index in [4.69, 9.17) is 23.2 Å². The van der Waals surface area contributed by atoms with Gasteiger partial charge in [-0.3, -0.25) is 9.48 Å². The van der Waals surface area contributed by atoms with E-state index >= 15 is 0 Å². The fourth-order valence-corrected chi connectivity index (χ4v) is 1.86. The molecule has 0 saturated heterocycles. The minimum absolute atomic E-state index is 0.0678.